The topological polar surface area (TPSA) is 42.3 Å². The van der Waals surface area contributed by atoms with Crippen LogP contribution in [0.15, 0.2) is 0 Å². The Bertz CT molecular complexity index is 217. The predicted octanol–water partition coefficient (Wildman–Crippen LogP) is 4.89. The SMILES string of the molecule is C[N-]C.C[N-]C.[2H]C1C([2H])C([2H])C(CP(C)[N-]C)C1[2H].[CH3-].[Hf+4]. The Labute approximate surface area is 142 Å². The molecule has 1 aliphatic rings. The summed E-state index contributed by atoms with van der Waals surface area (Å²) in [5.41, 5.74) is 0. The van der Waals surface area contributed by atoms with E-state index in [2.05, 4.69) is 15.7 Å². The van der Waals surface area contributed by atoms with Crippen molar-refractivity contribution in [1.82, 2.24) is 0 Å². The molecule has 0 spiro atoms. The van der Waals surface area contributed by atoms with Crippen LogP contribution in [0, 0.1) is 13.3 Å². The zero-order chi connectivity index (χ0) is 16.3. The molecule has 0 aliphatic heterocycles. The van der Waals surface area contributed by atoms with Crippen LogP contribution >= 0.6 is 8.07 Å². The van der Waals surface area contributed by atoms with Crippen LogP contribution in [0.2, 0.25) is 0 Å². The Morgan fingerprint density at radius 2 is 1.39 bits per heavy atom. The summed E-state index contributed by atoms with van der Waals surface area (Å²) >= 11 is 0. The molecular formula is C13H32HfN3P. The summed E-state index contributed by atoms with van der Waals surface area (Å²) in [6, 6.07) is 0. The second-order valence-corrected chi connectivity index (χ2v) is 5.45. The molecule has 108 valence electrons. The first-order chi connectivity index (χ1) is 9.31. The first-order valence-electron chi connectivity index (χ1n) is 7.58. The summed E-state index contributed by atoms with van der Waals surface area (Å²) in [5.74, 6) is -0.125. The zero-order valence-corrected chi connectivity index (χ0v) is 17.4. The van der Waals surface area contributed by atoms with E-state index in [1.165, 1.54) is 0 Å². The summed E-state index contributed by atoms with van der Waals surface area (Å²) in [5, 5.41) is 11.1. The van der Waals surface area contributed by atoms with Gasteiger partial charge in [-0.25, -0.2) is 8.07 Å². The van der Waals surface area contributed by atoms with Gasteiger partial charge in [0, 0.05) is 5.48 Å². The van der Waals surface area contributed by atoms with Gasteiger partial charge in [-0.05, 0) is 12.1 Å². The Kier molecular flexibility index (Phi) is 22.3. The van der Waals surface area contributed by atoms with Crippen LogP contribution < -0.4 is 0 Å². The number of hydrogen-bond donors (Lipinski definition) is 0. The maximum absolute atomic E-state index is 7.77. The molecule has 0 N–H and O–H groups in total. The standard InChI is InChI=1S/C8H17NP.2C2H6N.CH3.Hf/c1-9-10(2)7-8-5-3-4-6-8;2*1-3-2;;/h8H,3-7H2,1-2H3;2*1-2H3;1H3;/q4*-1;+4/i3D,4D,5D,6D;;;;. The van der Waals surface area contributed by atoms with E-state index < -0.39 is 33.7 Å². The molecule has 1 rings (SSSR count). The summed E-state index contributed by atoms with van der Waals surface area (Å²) in [6.45, 7) is 2.02. The summed E-state index contributed by atoms with van der Waals surface area (Å²) in [6.07, 6.45) is -1.80. The Hall–Kier alpha value is 1.18. The van der Waals surface area contributed by atoms with Crippen molar-refractivity contribution in [3.8, 4) is 0 Å². The minimum absolute atomic E-state index is 0. The first kappa shape index (κ1) is 17.2. The Balaban J connectivity index is -0.000000176. The molecule has 1 aliphatic carbocycles. The van der Waals surface area contributed by atoms with E-state index in [1.54, 1.807) is 35.2 Å². The quantitative estimate of drug-likeness (QED) is 0.338. The molecule has 0 aromatic heterocycles. The van der Waals surface area contributed by atoms with E-state index in [1.807, 2.05) is 6.66 Å². The third kappa shape index (κ3) is 22.4. The molecule has 0 radical (unpaired) electrons. The smallest absolute Gasteiger partial charge is 0.668 e. The molecule has 0 bridgehead atoms. The average molecular weight is 444 g/mol. The van der Waals surface area contributed by atoms with Crippen LogP contribution in [0.1, 0.15) is 31.1 Å². The van der Waals surface area contributed by atoms with Crippen molar-refractivity contribution in [2.24, 2.45) is 5.92 Å². The zero-order valence-electron chi connectivity index (χ0n) is 16.9. The molecule has 0 saturated heterocycles. The van der Waals surface area contributed by atoms with E-state index in [9.17, 15) is 0 Å². The Morgan fingerprint density at radius 3 is 1.67 bits per heavy atom. The van der Waals surface area contributed by atoms with Gasteiger partial charge in [0.05, 0.1) is 0 Å². The van der Waals surface area contributed by atoms with Crippen molar-refractivity contribution in [2.45, 2.75) is 25.6 Å². The van der Waals surface area contributed by atoms with Gasteiger partial charge in [0.2, 0.25) is 0 Å². The summed E-state index contributed by atoms with van der Waals surface area (Å²) in [7, 11) is 8.30. The molecule has 5 atom stereocenters. The number of rotatable bonds is 3. The third-order valence-corrected chi connectivity index (χ3v) is 3.28. The maximum Gasteiger partial charge on any atom is 4.00 e. The van der Waals surface area contributed by atoms with E-state index >= 15 is 0 Å². The van der Waals surface area contributed by atoms with E-state index in [4.69, 9.17) is 5.48 Å². The van der Waals surface area contributed by atoms with Crippen molar-refractivity contribution < 1.29 is 31.3 Å². The fourth-order valence-electron chi connectivity index (χ4n) is 0.986. The van der Waals surface area contributed by atoms with E-state index in [-0.39, 0.29) is 39.2 Å². The normalized spacial score (nSPS) is 37.6. The Morgan fingerprint density at radius 1 is 1.06 bits per heavy atom. The average Bonchev–Trinajstić information content (AvgIpc) is 2.58. The van der Waals surface area contributed by atoms with Gasteiger partial charge < -0.3 is 23.1 Å². The van der Waals surface area contributed by atoms with E-state index in [0.29, 0.717) is 0 Å². The van der Waals surface area contributed by atoms with Gasteiger partial charge in [-0.3, -0.25) is 0 Å². The van der Waals surface area contributed by atoms with E-state index in [0.717, 1.165) is 6.16 Å². The van der Waals surface area contributed by atoms with Crippen LogP contribution in [0.3, 0.4) is 0 Å². The molecule has 1 fully saturated rings. The van der Waals surface area contributed by atoms with Gasteiger partial charge in [-0.1, -0.05) is 32.3 Å². The molecular weight excluding hydrogens is 408 g/mol. The molecule has 0 amide bonds. The minimum Gasteiger partial charge on any atom is -0.668 e. The summed E-state index contributed by atoms with van der Waals surface area (Å²) in [4.78, 5) is 0. The largest absolute Gasteiger partial charge is 4.00 e. The van der Waals surface area contributed by atoms with Crippen LogP contribution in [-0.4, -0.2) is 48.1 Å². The van der Waals surface area contributed by atoms with Gasteiger partial charge >= 0.3 is 25.8 Å². The monoisotopic (exact) mass is 445 g/mol. The molecule has 0 aromatic carbocycles. The molecule has 18 heavy (non-hydrogen) atoms. The fraction of sp³-hybridized carbons (Fsp3) is 0.923. The van der Waals surface area contributed by atoms with Gasteiger partial charge in [-0.15, -0.1) is 0 Å². The van der Waals surface area contributed by atoms with Crippen LogP contribution in [0.4, 0.5) is 0 Å². The van der Waals surface area contributed by atoms with Crippen LogP contribution in [-0.2, 0) is 25.8 Å². The fourth-order valence-corrected chi connectivity index (χ4v) is 2.00. The maximum atomic E-state index is 7.77. The number of nitrogens with zero attached hydrogens (tertiary/aromatic N) is 3. The molecule has 3 nitrogen and oxygen atoms in total. The summed E-state index contributed by atoms with van der Waals surface area (Å²) < 4.78 is 30.7. The van der Waals surface area contributed by atoms with Crippen molar-refractivity contribution in [1.29, 1.82) is 0 Å². The molecule has 0 aromatic rings. The number of hydrogen-bond acceptors (Lipinski definition) is 0. The van der Waals surface area contributed by atoms with Crippen molar-refractivity contribution in [3.63, 3.8) is 0 Å². The predicted molar refractivity (Wildman–Crippen MR) is 85.8 cm³/mol. The van der Waals surface area contributed by atoms with Gasteiger partial charge in [-0.2, -0.15) is 35.2 Å². The molecule has 5 heteroatoms. The van der Waals surface area contributed by atoms with Crippen LogP contribution in [0.25, 0.3) is 15.7 Å². The van der Waals surface area contributed by atoms with Gasteiger partial charge in [0.15, 0.2) is 0 Å². The molecule has 5 unspecified atom stereocenters. The van der Waals surface area contributed by atoms with Crippen molar-refractivity contribution in [2.75, 3.05) is 48.1 Å². The first-order valence-corrected chi connectivity index (χ1v) is 7.20. The van der Waals surface area contributed by atoms with Gasteiger partial charge in [0.1, 0.15) is 0 Å². The van der Waals surface area contributed by atoms with Crippen molar-refractivity contribution in [3.05, 3.63) is 23.1 Å². The second-order valence-electron chi connectivity index (χ2n) is 3.37. The molecule has 1 saturated carbocycles. The van der Waals surface area contributed by atoms with Crippen molar-refractivity contribution >= 4 is 8.07 Å². The van der Waals surface area contributed by atoms with Gasteiger partial charge in [0.25, 0.3) is 0 Å². The van der Waals surface area contributed by atoms with Crippen LogP contribution in [0.5, 0.6) is 0 Å². The third-order valence-electron chi connectivity index (χ3n) is 1.64. The molecule has 0 heterocycles. The second kappa shape index (κ2) is 23.3. The minimum atomic E-state index is -0.706.